The van der Waals surface area contributed by atoms with Gasteiger partial charge in [0.15, 0.2) is 0 Å². The lowest BCUT2D eigenvalue weighted by atomic mass is 10.2. The van der Waals surface area contributed by atoms with Gasteiger partial charge in [-0.2, -0.15) is 0 Å². The smallest absolute Gasteiger partial charge is 0.244 e. The van der Waals surface area contributed by atoms with E-state index in [0.717, 1.165) is 21.2 Å². The molecule has 0 saturated heterocycles. The first-order valence-electron chi connectivity index (χ1n) is 6.63. The van der Waals surface area contributed by atoms with Crippen LogP contribution in [0.4, 0.5) is 0 Å². The van der Waals surface area contributed by atoms with Gasteiger partial charge in [0.05, 0.1) is 0 Å². The van der Waals surface area contributed by atoms with Gasteiger partial charge in [0.1, 0.15) is 0 Å². The summed E-state index contributed by atoms with van der Waals surface area (Å²) in [6, 6.07) is 17.4. The van der Waals surface area contributed by atoms with Crippen LogP contribution in [0, 0.1) is 0 Å². The average molecular weight is 318 g/mol. The molecule has 0 radical (unpaired) electrons. The average Bonchev–Trinajstić information content (AvgIpc) is 2.52. The van der Waals surface area contributed by atoms with Crippen LogP contribution in [0.5, 0.6) is 0 Å². The van der Waals surface area contributed by atoms with Crippen LogP contribution in [0.1, 0.15) is 5.56 Å². The number of benzene rings is 2. The predicted molar refractivity (Wildman–Crippen MR) is 90.7 cm³/mol. The Morgan fingerprint density at radius 2 is 1.81 bits per heavy atom. The topological polar surface area (TPSA) is 29.1 Å². The molecule has 0 atom stereocenters. The summed E-state index contributed by atoms with van der Waals surface area (Å²) in [5.41, 5.74) is 1.02. The maximum absolute atomic E-state index is 11.6. The van der Waals surface area contributed by atoms with Crippen LogP contribution in [0.2, 0.25) is 5.02 Å². The second kappa shape index (κ2) is 8.55. The first kappa shape index (κ1) is 15.7. The minimum Gasteiger partial charge on any atom is -0.352 e. The fraction of sp³-hybridized carbons (Fsp3) is 0.118. The monoisotopic (exact) mass is 317 g/mol. The molecule has 2 aromatic carbocycles. The summed E-state index contributed by atoms with van der Waals surface area (Å²) >= 11 is 7.51. The third kappa shape index (κ3) is 6.06. The fourth-order valence-corrected chi connectivity index (χ4v) is 2.56. The van der Waals surface area contributed by atoms with Gasteiger partial charge >= 0.3 is 0 Å². The number of thioether (sulfide) groups is 1. The molecule has 21 heavy (non-hydrogen) atoms. The molecule has 0 unspecified atom stereocenters. The van der Waals surface area contributed by atoms with Crippen molar-refractivity contribution in [3.8, 4) is 0 Å². The Hall–Kier alpha value is -1.71. The van der Waals surface area contributed by atoms with Crippen molar-refractivity contribution < 1.29 is 4.79 Å². The summed E-state index contributed by atoms with van der Waals surface area (Å²) < 4.78 is 0. The first-order valence-corrected chi connectivity index (χ1v) is 8.00. The van der Waals surface area contributed by atoms with E-state index in [2.05, 4.69) is 5.32 Å². The van der Waals surface area contributed by atoms with E-state index >= 15 is 0 Å². The molecule has 2 nitrogen and oxygen atoms in total. The highest BCUT2D eigenvalue weighted by Crippen LogP contribution is 2.19. The normalized spacial score (nSPS) is 10.7. The molecule has 0 saturated carbocycles. The van der Waals surface area contributed by atoms with Crippen molar-refractivity contribution in [1.82, 2.24) is 5.32 Å². The van der Waals surface area contributed by atoms with Crippen LogP contribution in [0.25, 0.3) is 6.08 Å². The molecule has 0 fully saturated rings. The predicted octanol–water partition coefficient (Wildman–Crippen LogP) is 4.26. The van der Waals surface area contributed by atoms with Gasteiger partial charge in [-0.3, -0.25) is 4.79 Å². The SMILES string of the molecule is O=C(/C=C\c1ccccc1)NCCSc1ccc(Cl)cc1. The minimum atomic E-state index is -0.0736. The second-order valence-electron chi connectivity index (χ2n) is 4.34. The van der Waals surface area contributed by atoms with Gasteiger partial charge in [-0.05, 0) is 35.9 Å². The number of halogens is 1. The Morgan fingerprint density at radius 3 is 2.52 bits per heavy atom. The van der Waals surface area contributed by atoms with Crippen molar-refractivity contribution in [1.29, 1.82) is 0 Å². The zero-order valence-electron chi connectivity index (χ0n) is 11.5. The van der Waals surface area contributed by atoms with Crippen molar-refractivity contribution in [2.75, 3.05) is 12.3 Å². The molecule has 0 aliphatic rings. The third-order valence-corrected chi connectivity index (χ3v) is 3.98. The van der Waals surface area contributed by atoms with Crippen molar-refractivity contribution >= 4 is 35.3 Å². The van der Waals surface area contributed by atoms with Crippen molar-refractivity contribution in [2.45, 2.75) is 4.90 Å². The Labute approximate surface area is 134 Å². The standard InChI is InChI=1S/C17H16ClNOS/c18-15-7-9-16(10-8-15)21-13-12-19-17(20)11-6-14-4-2-1-3-5-14/h1-11H,12-13H2,(H,19,20)/b11-6-. The van der Waals surface area contributed by atoms with Crippen LogP contribution >= 0.6 is 23.4 Å². The highest BCUT2D eigenvalue weighted by atomic mass is 35.5. The van der Waals surface area contributed by atoms with E-state index in [0.29, 0.717) is 6.54 Å². The molecule has 108 valence electrons. The Bertz CT molecular complexity index is 596. The van der Waals surface area contributed by atoms with E-state index in [-0.39, 0.29) is 5.91 Å². The summed E-state index contributed by atoms with van der Waals surface area (Å²) in [6.07, 6.45) is 3.37. The van der Waals surface area contributed by atoms with Crippen LogP contribution in [-0.4, -0.2) is 18.2 Å². The molecule has 0 spiro atoms. The van der Waals surface area contributed by atoms with Gasteiger partial charge in [0, 0.05) is 28.3 Å². The maximum Gasteiger partial charge on any atom is 0.244 e. The van der Waals surface area contributed by atoms with E-state index in [1.165, 1.54) is 0 Å². The van der Waals surface area contributed by atoms with Gasteiger partial charge in [-0.15, -0.1) is 11.8 Å². The largest absolute Gasteiger partial charge is 0.352 e. The van der Waals surface area contributed by atoms with Gasteiger partial charge in [0.25, 0.3) is 0 Å². The van der Waals surface area contributed by atoms with Crippen molar-refractivity contribution in [3.63, 3.8) is 0 Å². The molecule has 0 bridgehead atoms. The van der Waals surface area contributed by atoms with Gasteiger partial charge in [-0.25, -0.2) is 0 Å². The van der Waals surface area contributed by atoms with Crippen molar-refractivity contribution in [3.05, 3.63) is 71.3 Å². The van der Waals surface area contributed by atoms with E-state index in [9.17, 15) is 4.79 Å². The summed E-state index contributed by atoms with van der Waals surface area (Å²) in [4.78, 5) is 12.8. The zero-order chi connectivity index (χ0) is 14.9. The molecular weight excluding hydrogens is 302 g/mol. The summed E-state index contributed by atoms with van der Waals surface area (Å²) in [6.45, 7) is 0.630. The number of rotatable bonds is 6. The minimum absolute atomic E-state index is 0.0736. The van der Waals surface area contributed by atoms with Gasteiger partial charge < -0.3 is 5.32 Å². The molecule has 0 aromatic heterocycles. The summed E-state index contributed by atoms with van der Waals surface area (Å²) in [5.74, 6) is 0.752. The second-order valence-corrected chi connectivity index (χ2v) is 5.94. The third-order valence-electron chi connectivity index (χ3n) is 2.71. The van der Waals surface area contributed by atoms with E-state index in [4.69, 9.17) is 11.6 Å². The van der Waals surface area contributed by atoms with E-state index < -0.39 is 0 Å². The highest BCUT2D eigenvalue weighted by molar-refractivity contribution is 7.99. The molecule has 4 heteroatoms. The van der Waals surface area contributed by atoms with E-state index in [1.54, 1.807) is 17.8 Å². The fourth-order valence-electron chi connectivity index (χ4n) is 1.67. The zero-order valence-corrected chi connectivity index (χ0v) is 13.0. The van der Waals surface area contributed by atoms with Crippen LogP contribution in [-0.2, 0) is 4.79 Å². The number of amides is 1. The number of carbonyl (C=O) groups excluding carboxylic acids is 1. The van der Waals surface area contributed by atoms with E-state index in [1.807, 2.05) is 60.7 Å². The number of hydrogen-bond acceptors (Lipinski definition) is 2. The maximum atomic E-state index is 11.6. The number of hydrogen-bond donors (Lipinski definition) is 1. The number of nitrogens with one attached hydrogen (secondary N) is 1. The number of carbonyl (C=O) groups is 1. The van der Waals surface area contributed by atoms with Gasteiger partial charge in [-0.1, -0.05) is 41.9 Å². The molecule has 2 rings (SSSR count). The van der Waals surface area contributed by atoms with Crippen LogP contribution < -0.4 is 5.32 Å². The quantitative estimate of drug-likeness (QED) is 0.490. The molecule has 2 aromatic rings. The summed E-state index contributed by atoms with van der Waals surface area (Å²) in [7, 11) is 0. The lowest BCUT2D eigenvalue weighted by molar-refractivity contribution is -0.116. The molecular formula is C17H16ClNOS. The van der Waals surface area contributed by atoms with Crippen molar-refractivity contribution in [2.24, 2.45) is 0 Å². The van der Waals surface area contributed by atoms with Crippen LogP contribution in [0.15, 0.2) is 65.6 Å². The molecule has 0 aliphatic carbocycles. The first-order chi connectivity index (χ1) is 10.2. The molecule has 0 aliphatic heterocycles. The Balaban J connectivity index is 1.67. The lowest BCUT2D eigenvalue weighted by Gasteiger charge is -2.03. The van der Waals surface area contributed by atoms with Gasteiger partial charge in [0.2, 0.25) is 5.91 Å². The Kier molecular flexibility index (Phi) is 6.38. The summed E-state index contributed by atoms with van der Waals surface area (Å²) in [5, 5.41) is 3.60. The molecule has 1 amide bonds. The Morgan fingerprint density at radius 1 is 1.10 bits per heavy atom. The lowest BCUT2D eigenvalue weighted by Crippen LogP contribution is -2.23. The molecule has 0 heterocycles. The molecule has 1 N–H and O–H groups in total. The highest BCUT2D eigenvalue weighted by Gasteiger charge is 1.97. The van der Waals surface area contributed by atoms with Crippen LogP contribution in [0.3, 0.4) is 0 Å².